The zero-order chi connectivity index (χ0) is 24.9. The molecule has 1 aromatic heterocycles. The lowest BCUT2D eigenvalue weighted by Gasteiger charge is -2.17. The number of hydrogen-bond donors (Lipinski definition) is 0. The summed E-state index contributed by atoms with van der Waals surface area (Å²) < 4.78 is 9.60. The number of esters is 2. The monoisotopic (exact) mass is 507 g/mol. The number of nitrogens with zero attached hydrogens (tertiary/aromatic N) is 1. The van der Waals surface area contributed by atoms with Gasteiger partial charge in [-0.1, -0.05) is 60.7 Å². The quantitative estimate of drug-likeness (QED) is 0.204. The van der Waals surface area contributed by atoms with E-state index in [1.807, 2.05) is 48.5 Å². The van der Waals surface area contributed by atoms with Gasteiger partial charge in [-0.2, -0.15) is 0 Å². The summed E-state index contributed by atoms with van der Waals surface area (Å²) in [6.07, 6.45) is 4.75. The lowest BCUT2D eigenvalue weighted by Crippen LogP contribution is -2.04. The summed E-state index contributed by atoms with van der Waals surface area (Å²) in [7, 11) is 2.80. The lowest BCUT2D eigenvalue weighted by atomic mass is 10.1. The van der Waals surface area contributed by atoms with Crippen molar-refractivity contribution in [1.29, 1.82) is 0 Å². The summed E-state index contributed by atoms with van der Waals surface area (Å²) in [4.78, 5) is 27.8. The normalized spacial score (nSPS) is 11.1. The predicted molar refractivity (Wildman–Crippen MR) is 146 cm³/mol. The van der Waals surface area contributed by atoms with Gasteiger partial charge in [-0.05, 0) is 35.4 Å². The van der Waals surface area contributed by atoms with E-state index in [9.17, 15) is 9.59 Å². The molecule has 1 heterocycles. The summed E-state index contributed by atoms with van der Waals surface area (Å²) in [5, 5.41) is 0. The van der Waals surface area contributed by atoms with Crippen LogP contribution >= 0.6 is 23.5 Å². The van der Waals surface area contributed by atoms with Gasteiger partial charge in [0, 0.05) is 17.1 Å². The molecule has 0 aliphatic carbocycles. The van der Waals surface area contributed by atoms with Crippen molar-refractivity contribution in [2.45, 2.75) is 17.4 Å². The fourth-order valence-electron chi connectivity index (χ4n) is 3.25. The van der Waals surface area contributed by atoms with E-state index in [1.165, 1.54) is 14.2 Å². The van der Waals surface area contributed by atoms with Crippen LogP contribution < -0.4 is 0 Å². The van der Waals surface area contributed by atoms with Gasteiger partial charge in [-0.3, -0.25) is 9.59 Å². The van der Waals surface area contributed by atoms with Crippen LogP contribution in [0.4, 0.5) is 0 Å². The molecule has 0 fully saturated rings. The first-order valence-corrected chi connectivity index (χ1v) is 13.4. The second-order valence-electron chi connectivity index (χ2n) is 7.54. The van der Waals surface area contributed by atoms with Crippen LogP contribution in [0.1, 0.15) is 34.2 Å². The summed E-state index contributed by atoms with van der Waals surface area (Å²) in [5.74, 6) is 0.827. The largest absolute Gasteiger partial charge is 0.469 e. The number of benzene rings is 2. The highest BCUT2D eigenvalue weighted by atomic mass is 32.2. The van der Waals surface area contributed by atoms with Crippen LogP contribution in [0.2, 0.25) is 0 Å². The van der Waals surface area contributed by atoms with E-state index >= 15 is 0 Å². The van der Waals surface area contributed by atoms with Gasteiger partial charge in [-0.25, -0.2) is 4.98 Å². The van der Waals surface area contributed by atoms with Crippen molar-refractivity contribution in [2.24, 2.45) is 0 Å². The molecule has 0 saturated carbocycles. The standard InChI is InChI=1S/C28H29NO4S2/c1-32-26(30)16-18-34-28(35-19-17-27(31)33-2)23-11-6-8-21(20-23)14-15-24-12-7-13-25(29-24)22-9-4-3-5-10-22/h3-15,20,28H,16-19H2,1-2H3/b15-14+. The molecule has 5 nitrogen and oxygen atoms in total. The minimum atomic E-state index is -0.224. The molecular formula is C28H29NO4S2. The smallest absolute Gasteiger partial charge is 0.306 e. The Morgan fingerprint density at radius 1 is 0.829 bits per heavy atom. The van der Waals surface area contributed by atoms with Crippen molar-refractivity contribution < 1.29 is 19.1 Å². The van der Waals surface area contributed by atoms with E-state index in [1.54, 1.807) is 23.5 Å². The van der Waals surface area contributed by atoms with Crippen LogP contribution in [0, 0.1) is 0 Å². The molecule has 0 saturated heterocycles. The second kappa shape index (κ2) is 14.4. The van der Waals surface area contributed by atoms with Crippen molar-refractivity contribution in [3.8, 4) is 11.3 Å². The van der Waals surface area contributed by atoms with E-state index in [2.05, 4.69) is 36.4 Å². The minimum absolute atomic E-state index is 0.0807. The molecule has 0 N–H and O–H groups in total. The molecule has 0 atom stereocenters. The molecule has 182 valence electrons. The lowest BCUT2D eigenvalue weighted by molar-refractivity contribution is -0.140. The van der Waals surface area contributed by atoms with Gasteiger partial charge in [-0.15, -0.1) is 23.5 Å². The maximum atomic E-state index is 11.5. The van der Waals surface area contributed by atoms with Crippen molar-refractivity contribution >= 4 is 47.6 Å². The number of pyridine rings is 1. The number of thioether (sulfide) groups is 2. The Balaban J connectivity index is 1.72. The van der Waals surface area contributed by atoms with Crippen LogP contribution in [0.15, 0.2) is 72.8 Å². The molecule has 0 radical (unpaired) electrons. The molecule has 3 rings (SSSR count). The topological polar surface area (TPSA) is 65.5 Å². The molecule has 0 bridgehead atoms. The highest BCUT2D eigenvalue weighted by Crippen LogP contribution is 2.40. The fourth-order valence-corrected chi connectivity index (χ4v) is 5.89. The highest BCUT2D eigenvalue weighted by molar-refractivity contribution is 8.16. The number of hydrogen-bond acceptors (Lipinski definition) is 7. The maximum Gasteiger partial charge on any atom is 0.306 e. The van der Waals surface area contributed by atoms with Crippen LogP contribution in [-0.4, -0.2) is 42.6 Å². The van der Waals surface area contributed by atoms with Crippen molar-refractivity contribution in [3.63, 3.8) is 0 Å². The van der Waals surface area contributed by atoms with Gasteiger partial charge in [0.15, 0.2) is 0 Å². The number of methoxy groups -OCH3 is 2. The zero-order valence-corrected chi connectivity index (χ0v) is 21.5. The van der Waals surface area contributed by atoms with Gasteiger partial charge in [0.1, 0.15) is 0 Å². The van der Waals surface area contributed by atoms with E-state index in [0.717, 1.165) is 28.1 Å². The highest BCUT2D eigenvalue weighted by Gasteiger charge is 2.15. The molecular weight excluding hydrogens is 478 g/mol. The summed E-state index contributed by atoms with van der Waals surface area (Å²) in [5.41, 5.74) is 5.09. The average Bonchev–Trinajstić information content (AvgIpc) is 2.91. The van der Waals surface area contributed by atoms with E-state index in [-0.39, 0.29) is 16.5 Å². The molecule has 0 amide bonds. The minimum Gasteiger partial charge on any atom is -0.469 e. The third-order valence-electron chi connectivity index (χ3n) is 5.08. The maximum absolute atomic E-state index is 11.5. The van der Waals surface area contributed by atoms with Crippen LogP contribution in [0.5, 0.6) is 0 Å². The van der Waals surface area contributed by atoms with Crippen LogP contribution in [-0.2, 0) is 19.1 Å². The van der Waals surface area contributed by atoms with Crippen molar-refractivity contribution in [2.75, 3.05) is 25.7 Å². The number of carbonyl (C=O) groups is 2. The van der Waals surface area contributed by atoms with Gasteiger partial charge in [0.25, 0.3) is 0 Å². The molecule has 0 aliphatic heterocycles. The van der Waals surface area contributed by atoms with Gasteiger partial charge in [0.05, 0.1) is 43.0 Å². The number of carbonyl (C=O) groups excluding carboxylic acids is 2. The molecule has 2 aromatic carbocycles. The van der Waals surface area contributed by atoms with Crippen LogP contribution in [0.25, 0.3) is 23.4 Å². The van der Waals surface area contributed by atoms with E-state index in [0.29, 0.717) is 24.3 Å². The number of aromatic nitrogens is 1. The Labute approximate surface area is 215 Å². The molecule has 35 heavy (non-hydrogen) atoms. The SMILES string of the molecule is COC(=O)CCSC(SCCC(=O)OC)c1cccc(/C=C/c2cccc(-c3ccccc3)n2)c1. The third kappa shape index (κ3) is 8.92. The number of ether oxygens (including phenoxy) is 2. The Morgan fingerprint density at radius 3 is 2.14 bits per heavy atom. The first kappa shape index (κ1) is 26.6. The zero-order valence-electron chi connectivity index (χ0n) is 19.9. The number of rotatable bonds is 12. The summed E-state index contributed by atoms with van der Waals surface area (Å²) in [6, 6.07) is 24.4. The molecule has 0 spiro atoms. The summed E-state index contributed by atoms with van der Waals surface area (Å²) in [6.45, 7) is 0. The Morgan fingerprint density at radius 2 is 1.49 bits per heavy atom. The third-order valence-corrected chi connectivity index (χ3v) is 7.92. The van der Waals surface area contributed by atoms with Gasteiger partial charge >= 0.3 is 11.9 Å². The molecule has 0 unspecified atom stereocenters. The second-order valence-corrected chi connectivity index (χ2v) is 10.3. The average molecular weight is 508 g/mol. The molecule has 0 aliphatic rings. The fraction of sp³-hybridized carbons (Fsp3) is 0.250. The predicted octanol–water partition coefficient (Wildman–Crippen LogP) is 6.51. The van der Waals surface area contributed by atoms with Crippen molar-refractivity contribution in [1.82, 2.24) is 4.98 Å². The van der Waals surface area contributed by atoms with Gasteiger partial charge < -0.3 is 9.47 Å². The van der Waals surface area contributed by atoms with Crippen molar-refractivity contribution in [3.05, 3.63) is 89.6 Å². The summed E-state index contributed by atoms with van der Waals surface area (Å²) >= 11 is 3.35. The van der Waals surface area contributed by atoms with Gasteiger partial charge in [0.2, 0.25) is 0 Å². The Kier molecular flexibility index (Phi) is 10.9. The van der Waals surface area contributed by atoms with E-state index in [4.69, 9.17) is 14.5 Å². The first-order chi connectivity index (χ1) is 17.1. The first-order valence-electron chi connectivity index (χ1n) is 11.3. The Hall–Kier alpha value is -3.03. The van der Waals surface area contributed by atoms with E-state index < -0.39 is 0 Å². The molecule has 3 aromatic rings. The Bertz CT molecular complexity index is 1110. The molecule has 7 heteroatoms. The van der Waals surface area contributed by atoms with Crippen LogP contribution in [0.3, 0.4) is 0 Å².